The van der Waals surface area contributed by atoms with E-state index in [0.29, 0.717) is 12.2 Å². The van der Waals surface area contributed by atoms with E-state index in [1.165, 1.54) is 0 Å². The van der Waals surface area contributed by atoms with Gasteiger partial charge < -0.3 is 4.74 Å². The molecule has 2 aliphatic rings. The lowest BCUT2D eigenvalue weighted by Crippen LogP contribution is -2.47. The number of hydrogen-bond donors (Lipinski definition) is 0. The maximum absolute atomic E-state index is 13.7. The summed E-state index contributed by atoms with van der Waals surface area (Å²) >= 11 is 0. The largest absolute Gasteiger partial charge is 0.487 e. The smallest absolute Gasteiger partial charge is 0.271 e. The third-order valence-electron chi connectivity index (χ3n) is 6.09. The molecule has 2 atom stereocenters. The molecule has 5 rings (SSSR count). The van der Waals surface area contributed by atoms with Crippen LogP contribution >= 0.6 is 0 Å². The Balaban J connectivity index is 1.64. The van der Waals surface area contributed by atoms with E-state index < -0.39 is 22.0 Å². The van der Waals surface area contributed by atoms with Gasteiger partial charge in [-0.05, 0) is 61.6 Å². The fourth-order valence-electron chi connectivity index (χ4n) is 4.47. The molecule has 1 saturated carbocycles. The Morgan fingerprint density at radius 3 is 2.39 bits per heavy atom. The van der Waals surface area contributed by atoms with E-state index in [2.05, 4.69) is 0 Å². The number of carbonyl (C=O) groups is 1. The van der Waals surface area contributed by atoms with Crippen molar-refractivity contribution in [2.24, 2.45) is 0 Å². The molecule has 0 saturated heterocycles. The summed E-state index contributed by atoms with van der Waals surface area (Å²) in [4.78, 5) is 13.8. The molecule has 1 heterocycles. The third kappa shape index (κ3) is 3.41. The number of amides is 1. The average Bonchev–Trinajstić information content (AvgIpc) is 3.17. The minimum Gasteiger partial charge on any atom is -0.487 e. The lowest BCUT2D eigenvalue weighted by molar-refractivity contribution is 0.0778. The minimum atomic E-state index is -4.02. The van der Waals surface area contributed by atoms with Crippen LogP contribution in [0.4, 0.5) is 0 Å². The Morgan fingerprint density at radius 1 is 0.903 bits per heavy atom. The van der Waals surface area contributed by atoms with E-state index in [-0.39, 0.29) is 16.6 Å². The van der Waals surface area contributed by atoms with E-state index in [1.54, 1.807) is 36.4 Å². The van der Waals surface area contributed by atoms with E-state index in [9.17, 15) is 13.2 Å². The highest BCUT2D eigenvalue weighted by molar-refractivity contribution is 7.89. The summed E-state index contributed by atoms with van der Waals surface area (Å²) in [5, 5.41) is 0. The topological polar surface area (TPSA) is 63.7 Å². The number of carbonyl (C=O) groups excluding carboxylic acids is 1. The van der Waals surface area contributed by atoms with Gasteiger partial charge in [-0.3, -0.25) is 4.79 Å². The molecule has 0 bridgehead atoms. The zero-order valence-electron chi connectivity index (χ0n) is 17.2. The van der Waals surface area contributed by atoms with Crippen LogP contribution in [0.1, 0.15) is 35.2 Å². The minimum absolute atomic E-state index is 0.125. The van der Waals surface area contributed by atoms with Crippen LogP contribution in [-0.4, -0.2) is 30.8 Å². The molecule has 31 heavy (non-hydrogen) atoms. The number of benzene rings is 3. The Bertz CT molecular complexity index is 1240. The van der Waals surface area contributed by atoms with Crippen molar-refractivity contribution in [2.45, 2.75) is 43.2 Å². The van der Waals surface area contributed by atoms with Gasteiger partial charge in [-0.15, -0.1) is 0 Å². The monoisotopic (exact) mass is 433 g/mol. The molecule has 158 valence electrons. The summed E-state index contributed by atoms with van der Waals surface area (Å²) in [7, 11) is -4.02. The maximum Gasteiger partial charge on any atom is 0.271 e. The van der Waals surface area contributed by atoms with Crippen molar-refractivity contribution >= 4 is 15.9 Å². The number of ether oxygens (including phenoxy) is 1. The van der Waals surface area contributed by atoms with Crippen molar-refractivity contribution in [1.29, 1.82) is 0 Å². The number of sulfonamides is 1. The van der Waals surface area contributed by atoms with Gasteiger partial charge in [0.2, 0.25) is 0 Å². The quantitative estimate of drug-likeness (QED) is 0.595. The lowest BCUT2D eigenvalue weighted by Gasteiger charge is -2.29. The van der Waals surface area contributed by atoms with Gasteiger partial charge in [0.15, 0.2) is 0 Å². The molecular formula is C25H23NO4S. The summed E-state index contributed by atoms with van der Waals surface area (Å²) in [6.07, 6.45) is 1.80. The summed E-state index contributed by atoms with van der Waals surface area (Å²) < 4.78 is 34.5. The molecular weight excluding hydrogens is 410 g/mol. The van der Waals surface area contributed by atoms with Gasteiger partial charge in [0, 0.05) is 0 Å². The van der Waals surface area contributed by atoms with E-state index >= 15 is 0 Å². The van der Waals surface area contributed by atoms with Crippen LogP contribution in [0.2, 0.25) is 0 Å². The number of hydrogen-bond acceptors (Lipinski definition) is 4. The van der Waals surface area contributed by atoms with Gasteiger partial charge in [0.05, 0.1) is 16.5 Å². The molecule has 1 amide bonds. The molecule has 1 aliphatic heterocycles. The first kappa shape index (κ1) is 19.8. The zero-order chi connectivity index (χ0) is 21.6. The normalized spacial score (nSPS) is 20.5. The first-order valence-corrected chi connectivity index (χ1v) is 11.9. The second-order valence-electron chi connectivity index (χ2n) is 8.15. The Morgan fingerprint density at radius 2 is 1.65 bits per heavy atom. The second kappa shape index (κ2) is 7.54. The molecule has 0 radical (unpaired) electrons. The van der Waals surface area contributed by atoms with Gasteiger partial charge in [-0.1, -0.05) is 54.1 Å². The number of fused-ring (bicyclic) bond motifs is 2. The van der Waals surface area contributed by atoms with Crippen molar-refractivity contribution in [3.63, 3.8) is 0 Å². The van der Waals surface area contributed by atoms with Gasteiger partial charge in [-0.2, -0.15) is 0 Å². The van der Waals surface area contributed by atoms with Crippen molar-refractivity contribution in [3.05, 3.63) is 83.9 Å². The highest BCUT2D eigenvalue weighted by atomic mass is 32.2. The van der Waals surface area contributed by atoms with Crippen molar-refractivity contribution in [3.8, 4) is 16.9 Å². The van der Waals surface area contributed by atoms with Gasteiger partial charge in [0.25, 0.3) is 15.9 Å². The van der Waals surface area contributed by atoms with Crippen molar-refractivity contribution in [1.82, 2.24) is 4.31 Å². The highest BCUT2D eigenvalue weighted by Crippen LogP contribution is 2.39. The Hall–Kier alpha value is -3.12. The molecule has 0 N–H and O–H groups in total. The van der Waals surface area contributed by atoms with Crippen LogP contribution in [0.5, 0.6) is 5.75 Å². The predicted molar refractivity (Wildman–Crippen MR) is 118 cm³/mol. The van der Waals surface area contributed by atoms with Crippen LogP contribution in [0.15, 0.2) is 77.7 Å². The van der Waals surface area contributed by atoms with Gasteiger partial charge in [0.1, 0.15) is 11.9 Å². The fourth-order valence-corrected chi connectivity index (χ4v) is 6.09. The van der Waals surface area contributed by atoms with Crippen LogP contribution in [-0.2, 0) is 10.0 Å². The molecule has 1 aliphatic carbocycles. The molecule has 6 heteroatoms. The van der Waals surface area contributed by atoms with Crippen molar-refractivity contribution in [2.75, 3.05) is 0 Å². The van der Waals surface area contributed by atoms with E-state index in [0.717, 1.165) is 33.8 Å². The molecule has 0 aromatic heterocycles. The summed E-state index contributed by atoms with van der Waals surface area (Å²) in [5.41, 5.74) is 3.04. The van der Waals surface area contributed by atoms with Crippen LogP contribution in [0.25, 0.3) is 11.1 Å². The Labute approximate surface area is 182 Å². The number of rotatable bonds is 3. The standard InChI is InChI=1S/C25H23NO4S/c1-17-10-13-20(14-11-17)31(28,29)26-22-8-5-9-24(22)30-23-15-12-19(16-21(23)25(26)27)18-6-3-2-4-7-18/h2-4,6-7,10-16,22,24H,5,8-9H2,1H3/t22-,24-/m1/s1. The fraction of sp³-hybridized carbons (Fsp3) is 0.240. The van der Waals surface area contributed by atoms with E-state index in [4.69, 9.17) is 4.74 Å². The van der Waals surface area contributed by atoms with Gasteiger partial charge in [-0.25, -0.2) is 12.7 Å². The molecule has 0 unspecified atom stereocenters. The molecule has 3 aromatic rings. The van der Waals surface area contributed by atoms with E-state index in [1.807, 2.05) is 43.3 Å². The summed E-state index contributed by atoms with van der Waals surface area (Å²) in [5.74, 6) is -0.0778. The first-order chi connectivity index (χ1) is 14.9. The predicted octanol–water partition coefficient (Wildman–Crippen LogP) is 4.81. The van der Waals surface area contributed by atoms with Crippen LogP contribution in [0.3, 0.4) is 0 Å². The summed E-state index contributed by atoms with van der Waals surface area (Å²) in [6.45, 7) is 1.90. The number of aryl methyl sites for hydroxylation is 1. The van der Waals surface area contributed by atoms with Crippen LogP contribution in [0, 0.1) is 6.92 Å². The lowest BCUT2D eigenvalue weighted by atomic mass is 10.0. The summed E-state index contributed by atoms with van der Waals surface area (Å²) in [6, 6.07) is 21.3. The third-order valence-corrected chi connectivity index (χ3v) is 7.91. The SMILES string of the molecule is Cc1ccc(S(=O)(=O)N2C(=O)c3cc(-c4ccccc4)ccc3O[C@@H]3CCC[C@H]32)cc1. The Kier molecular flexibility index (Phi) is 4.82. The molecule has 0 spiro atoms. The average molecular weight is 434 g/mol. The highest BCUT2D eigenvalue weighted by Gasteiger charge is 2.46. The second-order valence-corrected chi connectivity index (χ2v) is 9.97. The van der Waals surface area contributed by atoms with Crippen LogP contribution < -0.4 is 4.74 Å². The zero-order valence-corrected chi connectivity index (χ0v) is 18.0. The van der Waals surface area contributed by atoms with Crippen molar-refractivity contribution < 1.29 is 17.9 Å². The molecule has 3 aromatic carbocycles. The molecule has 5 nitrogen and oxygen atoms in total. The molecule has 1 fully saturated rings. The van der Waals surface area contributed by atoms with Gasteiger partial charge >= 0.3 is 0 Å². The first-order valence-electron chi connectivity index (χ1n) is 10.5. The maximum atomic E-state index is 13.7. The number of nitrogens with zero attached hydrogens (tertiary/aromatic N) is 1.